The summed E-state index contributed by atoms with van der Waals surface area (Å²) in [4.78, 5) is 39.4. The summed E-state index contributed by atoms with van der Waals surface area (Å²) in [7, 11) is 0. The first-order chi connectivity index (χ1) is 16.1. The molecule has 0 atom stereocenters. The smallest absolute Gasteiger partial charge is 0.330 e. The summed E-state index contributed by atoms with van der Waals surface area (Å²) in [5.74, 6) is -1.31. The molecule has 1 rings (SSSR count). The van der Waals surface area contributed by atoms with Crippen molar-refractivity contribution in [3.8, 4) is 0 Å². The Hall–Kier alpha value is -1.65. The van der Waals surface area contributed by atoms with Gasteiger partial charge in [0.15, 0.2) is 0 Å². The highest BCUT2D eigenvalue weighted by atomic mass is 16.7. The molecule has 1 aliphatic rings. The zero-order chi connectivity index (χ0) is 24.0. The van der Waals surface area contributed by atoms with Gasteiger partial charge in [0.2, 0.25) is 0 Å². The van der Waals surface area contributed by atoms with Crippen LogP contribution < -0.4 is 0 Å². The molecule has 5 heteroatoms. The number of carbonyl (C=O) groups is 3. The van der Waals surface area contributed by atoms with Crippen LogP contribution in [0.4, 0.5) is 0 Å². The molecule has 2 amide bonds. The fourth-order valence-corrected chi connectivity index (χ4v) is 4.21. The summed E-state index contributed by atoms with van der Waals surface area (Å²) in [6, 6.07) is 0. The Labute approximate surface area is 202 Å². The number of hydrogen-bond acceptors (Lipinski definition) is 4. The van der Waals surface area contributed by atoms with Crippen molar-refractivity contribution in [1.82, 2.24) is 5.06 Å². The van der Waals surface area contributed by atoms with Crippen molar-refractivity contribution in [2.24, 2.45) is 0 Å². The van der Waals surface area contributed by atoms with Gasteiger partial charge in [-0.25, -0.2) is 4.79 Å². The highest BCUT2D eigenvalue weighted by molar-refractivity contribution is 6.01. The predicted molar refractivity (Wildman–Crippen MR) is 134 cm³/mol. The molecule has 1 saturated heterocycles. The third-order valence-electron chi connectivity index (χ3n) is 6.34. The summed E-state index contributed by atoms with van der Waals surface area (Å²) < 4.78 is 0. The zero-order valence-electron chi connectivity index (χ0n) is 21.3. The lowest BCUT2D eigenvalue weighted by Crippen LogP contribution is -2.31. The third-order valence-corrected chi connectivity index (χ3v) is 6.34. The Balaban J connectivity index is 1.76. The number of rotatable bonds is 22. The van der Waals surface area contributed by atoms with Crippen LogP contribution in [0.1, 0.15) is 148 Å². The van der Waals surface area contributed by atoms with E-state index in [1.54, 1.807) is 0 Å². The van der Waals surface area contributed by atoms with Crippen molar-refractivity contribution in [2.75, 3.05) is 0 Å². The monoisotopic (exact) mass is 463 g/mol. The van der Waals surface area contributed by atoms with Gasteiger partial charge in [0.05, 0.1) is 0 Å². The van der Waals surface area contributed by atoms with Crippen molar-refractivity contribution < 1.29 is 19.2 Å². The topological polar surface area (TPSA) is 63.7 Å². The normalized spacial score (nSPS) is 14.0. The lowest BCUT2D eigenvalue weighted by molar-refractivity contribution is -0.197. The Bertz CT molecular complexity index is 542. The van der Waals surface area contributed by atoms with Crippen LogP contribution in [0.2, 0.25) is 0 Å². The minimum Gasteiger partial charge on any atom is -0.330 e. The maximum absolute atomic E-state index is 11.7. The first kappa shape index (κ1) is 29.4. The number of unbranched alkanes of at least 4 members (excludes halogenated alkanes) is 17. The van der Waals surface area contributed by atoms with Gasteiger partial charge in [-0.15, -0.1) is 5.06 Å². The number of allylic oxidation sites excluding steroid dienone is 2. The molecule has 0 spiro atoms. The molecule has 5 nitrogen and oxygen atoms in total. The van der Waals surface area contributed by atoms with Crippen molar-refractivity contribution in [1.29, 1.82) is 0 Å². The SMILES string of the molecule is CCCCCCCC/C=C/CCCCCCCCCCCCCC(=O)ON1C(=O)CCC1=O. The van der Waals surface area contributed by atoms with E-state index >= 15 is 0 Å². The maximum Gasteiger partial charge on any atom is 0.333 e. The van der Waals surface area contributed by atoms with Gasteiger partial charge in [-0.2, -0.15) is 0 Å². The van der Waals surface area contributed by atoms with Crippen LogP contribution in [0.3, 0.4) is 0 Å². The molecule has 1 fully saturated rings. The Morgan fingerprint density at radius 1 is 0.667 bits per heavy atom. The highest BCUT2D eigenvalue weighted by Crippen LogP contribution is 2.15. The Morgan fingerprint density at radius 2 is 1.06 bits per heavy atom. The van der Waals surface area contributed by atoms with Crippen LogP contribution in [0, 0.1) is 0 Å². The third kappa shape index (κ3) is 16.6. The summed E-state index contributed by atoms with van der Waals surface area (Å²) in [5, 5.41) is 0.635. The van der Waals surface area contributed by atoms with Gasteiger partial charge in [0.25, 0.3) is 11.8 Å². The second kappa shape index (κ2) is 20.9. The number of hydrogen-bond donors (Lipinski definition) is 0. The molecule has 0 saturated carbocycles. The average molecular weight is 464 g/mol. The average Bonchev–Trinajstić information content (AvgIpc) is 3.12. The van der Waals surface area contributed by atoms with Gasteiger partial charge in [0, 0.05) is 19.3 Å². The number of hydroxylamine groups is 2. The first-order valence-electron chi connectivity index (χ1n) is 13.9. The van der Waals surface area contributed by atoms with E-state index in [1.165, 1.54) is 103 Å². The second-order valence-electron chi connectivity index (χ2n) is 9.50. The molecule has 1 aliphatic heterocycles. The summed E-state index contributed by atoms with van der Waals surface area (Å²) in [6.07, 6.45) is 29.5. The maximum atomic E-state index is 11.7. The molecule has 0 N–H and O–H groups in total. The quantitative estimate of drug-likeness (QED) is 0.0927. The van der Waals surface area contributed by atoms with Crippen LogP contribution in [0.5, 0.6) is 0 Å². The molecule has 0 aliphatic carbocycles. The van der Waals surface area contributed by atoms with Gasteiger partial charge in [0.1, 0.15) is 0 Å². The van der Waals surface area contributed by atoms with Crippen LogP contribution in [0.25, 0.3) is 0 Å². The zero-order valence-corrected chi connectivity index (χ0v) is 21.3. The fraction of sp³-hybridized carbons (Fsp3) is 0.821. The Morgan fingerprint density at radius 3 is 1.52 bits per heavy atom. The summed E-state index contributed by atoms with van der Waals surface area (Å²) in [5.41, 5.74) is 0. The van der Waals surface area contributed by atoms with E-state index in [9.17, 15) is 14.4 Å². The molecular weight excluding hydrogens is 414 g/mol. The molecule has 0 bridgehead atoms. The van der Waals surface area contributed by atoms with Crippen molar-refractivity contribution in [3.63, 3.8) is 0 Å². The van der Waals surface area contributed by atoms with Crippen LogP contribution in [-0.2, 0) is 19.2 Å². The van der Waals surface area contributed by atoms with Crippen molar-refractivity contribution >= 4 is 17.8 Å². The van der Waals surface area contributed by atoms with Gasteiger partial charge >= 0.3 is 5.97 Å². The molecule has 1 heterocycles. The standard InChI is InChI=1S/C28H49NO4/c1-2-3-4-5-6-7-8-9-10-11-12-13-14-15-16-17-18-19-20-21-22-23-28(32)33-29-26(30)24-25-27(29)31/h9-10H,2-8,11-25H2,1H3/b10-9+. The number of nitrogens with zero attached hydrogens (tertiary/aromatic N) is 1. The minimum atomic E-state index is -0.480. The van der Waals surface area contributed by atoms with Crippen LogP contribution in [-0.4, -0.2) is 22.8 Å². The van der Waals surface area contributed by atoms with E-state index < -0.39 is 17.8 Å². The molecule has 33 heavy (non-hydrogen) atoms. The Kier molecular flexibility index (Phi) is 18.6. The molecule has 0 aromatic rings. The fourth-order valence-electron chi connectivity index (χ4n) is 4.21. The van der Waals surface area contributed by atoms with E-state index in [1.807, 2.05) is 0 Å². The molecule has 190 valence electrons. The predicted octanol–water partition coefficient (Wildman–Crippen LogP) is 7.97. The van der Waals surface area contributed by atoms with E-state index in [4.69, 9.17) is 4.84 Å². The van der Waals surface area contributed by atoms with Crippen LogP contribution >= 0.6 is 0 Å². The molecule has 0 aromatic heterocycles. The highest BCUT2D eigenvalue weighted by Gasteiger charge is 2.32. The number of carbonyl (C=O) groups excluding carboxylic acids is 3. The lowest BCUT2D eigenvalue weighted by atomic mass is 10.0. The lowest BCUT2D eigenvalue weighted by Gasteiger charge is -2.12. The molecule has 0 radical (unpaired) electrons. The second-order valence-corrected chi connectivity index (χ2v) is 9.50. The van der Waals surface area contributed by atoms with Gasteiger partial charge in [-0.1, -0.05) is 109 Å². The number of imide groups is 1. The first-order valence-corrected chi connectivity index (χ1v) is 13.9. The van der Waals surface area contributed by atoms with E-state index in [2.05, 4.69) is 19.1 Å². The summed E-state index contributed by atoms with van der Waals surface area (Å²) >= 11 is 0. The van der Waals surface area contributed by atoms with Gasteiger partial charge in [-0.3, -0.25) is 9.59 Å². The van der Waals surface area contributed by atoms with Crippen molar-refractivity contribution in [2.45, 2.75) is 148 Å². The van der Waals surface area contributed by atoms with Crippen LogP contribution in [0.15, 0.2) is 12.2 Å². The molecule has 0 unspecified atom stereocenters. The summed E-state index contributed by atoms with van der Waals surface area (Å²) in [6.45, 7) is 2.27. The molecule has 0 aromatic carbocycles. The van der Waals surface area contributed by atoms with E-state index in [0.717, 1.165) is 19.3 Å². The minimum absolute atomic E-state index is 0.142. The van der Waals surface area contributed by atoms with E-state index in [-0.39, 0.29) is 19.3 Å². The van der Waals surface area contributed by atoms with Gasteiger partial charge in [-0.05, 0) is 32.1 Å². The van der Waals surface area contributed by atoms with E-state index in [0.29, 0.717) is 5.06 Å². The van der Waals surface area contributed by atoms with Crippen molar-refractivity contribution in [3.05, 3.63) is 12.2 Å². The van der Waals surface area contributed by atoms with Gasteiger partial charge < -0.3 is 4.84 Å². The largest absolute Gasteiger partial charge is 0.333 e. The molecular formula is C28H49NO4. The number of amides is 2.